The molecule has 0 radical (unpaired) electrons. The molecular formula is C31H32F2N4O8. The highest BCUT2D eigenvalue weighted by Crippen LogP contribution is 2.29. The lowest BCUT2D eigenvalue weighted by molar-refractivity contribution is -0.153. The van der Waals surface area contributed by atoms with Crippen LogP contribution in [0.15, 0.2) is 66.7 Å². The summed E-state index contributed by atoms with van der Waals surface area (Å²) in [6.07, 6.45) is 0. The Morgan fingerprint density at radius 3 is 2.20 bits per heavy atom. The van der Waals surface area contributed by atoms with E-state index in [0.717, 1.165) is 21.9 Å². The van der Waals surface area contributed by atoms with Crippen molar-refractivity contribution in [2.24, 2.45) is 0 Å². The lowest BCUT2D eigenvalue weighted by Gasteiger charge is -2.27. The third-order valence-corrected chi connectivity index (χ3v) is 5.89. The zero-order chi connectivity index (χ0) is 33.3. The third kappa shape index (κ3) is 10.3. The van der Waals surface area contributed by atoms with Crippen molar-refractivity contribution in [3.8, 4) is 5.75 Å². The van der Waals surface area contributed by atoms with E-state index in [-0.39, 0.29) is 28.4 Å². The van der Waals surface area contributed by atoms with Crippen molar-refractivity contribution in [3.63, 3.8) is 0 Å². The Balaban J connectivity index is 1.78. The first-order valence-corrected chi connectivity index (χ1v) is 13.5. The minimum Gasteiger partial charge on any atom is -0.482 e. The highest BCUT2D eigenvalue weighted by Gasteiger charge is 2.26. The molecule has 0 saturated carbocycles. The number of nitrogens with zero attached hydrogens (tertiary/aromatic N) is 2. The first kappa shape index (κ1) is 34.0. The molecule has 45 heavy (non-hydrogen) atoms. The number of carbonyl (C=O) groups excluding carboxylic acids is 4. The van der Waals surface area contributed by atoms with E-state index in [9.17, 15) is 32.8 Å². The Bertz CT molecular complexity index is 1570. The number of hydrogen-bond acceptors (Lipinski definition) is 7. The maximum absolute atomic E-state index is 13.7. The van der Waals surface area contributed by atoms with Crippen LogP contribution in [0.5, 0.6) is 5.75 Å². The van der Waals surface area contributed by atoms with Gasteiger partial charge in [0.15, 0.2) is 6.61 Å². The number of likely N-dealkylation sites (N-methyl/N-ethyl adjacent to an activating group) is 1. The highest BCUT2D eigenvalue weighted by molar-refractivity contribution is 6.02. The molecule has 3 N–H and O–H groups in total. The molecule has 0 fully saturated rings. The number of carboxylic acid groups (broad SMARTS) is 1. The SMILES string of the molecule is CN(C(=O)COc1ccccc1N(CC(=O)OC(C)(C)C)C(=O)CNC(=O)Nc1cccc(C(=O)O)c1)c1cc(F)cc(F)c1. The van der Waals surface area contributed by atoms with E-state index in [0.29, 0.717) is 6.07 Å². The number of anilines is 3. The summed E-state index contributed by atoms with van der Waals surface area (Å²) in [6, 6.07) is 13.3. The van der Waals surface area contributed by atoms with Crippen LogP contribution in [0.2, 0.25) is 0 Å². The number of esters is 1. The van der Waals surface area contributed by atoms with E-state index in [4.69, 9.17) is 14.6 Å². The van der Waals surface area contributed by atoms with E-state index in [1.165, 1.54) is 43.4 Å². The van der Waals surface area contributed by atoms with Crippen LogP contribution in [0, 0.1) is 11.6 Å². The number of carboxylic acids is 1. The first-order valence-electron chi connectivity index (χ1n) is 13.5. The number of para-hydroxylation sites is 2. The fourth-order valence-electron chi connectivity index (χ4n) is 3.88. The molecule has 0 atom stereocenters. The summed E-state index contributed by atoms with van der Waals surface area (Å²) < 4.78 is 38.4. The zero-order valence-corrected chi connectivity index (χ0v) is 24.9. The summed E-state index contributed by atoms with van der Waals surface area (Å²) in [6.45, 7) is 3.14. The number of rotatable bonds is 11. The number of amides is 4. The minimum absolute atomic E-state index is 0.0107. The van der Waals surface area contributed by atoms with Gasteiger partial charge in [0.05, 0.1) is 17.8 Å². The Hall–Kier alpha value is -5.53. The van der Waals surface area contributed by atoms with Crippen molar-refractivity contribution >= 4 is 46.8 Å². The predicted octanol–water partition coefficient (Wildman–Crippen LogP) is 4.20. The quantitative estimate of drug-likeness (QED) is 0.268. The van der Waals surface area contributed by atoms with Crippen molar-refractivity contribution < 1.29 is 47.3 Å². The number of carbonyl (C=O) groups is 5. The molecule has 0 aliphatic carbocycles. The van der Waals surface area contributed by atoms with Crippen LogP contribution in [-0.4, -0.2) is 67.2 Å². The second-order valence-corrected chi connectivity index (χ2v) is 10.6. The van der Waals surface area contributed by atoms with Crippen molar-refractivity contribution in [2.75, 3.05) is 41.9 Å². The molecule has 0 aromatic heterocycles. The summed E-state index contributed by atoms with van der Waals surface area (Å²) in [7, 11) is 1.30. The summed E-state index contributed by atoms with van der Waals surface area (Å²) in [5.74, 6) is -5.13. The van der Waals surface area contributed by atoms with Gasteiger partial charge >= 0.3 is 18.0 Å². The average molecular weight is 627 g/mol. The zero-order valence-electron chi connectivity index (χ0n) is 24.9. The van der Waals surface area contributed by atoms with Gasteiger partial charge in [-0.25, -0.2) is 18.4 Å². The second kappa shape index (κ2) is 14.8. The van der Waals surface area contributed by atoms with E-state index in [1.807, 2.05) is 0 Å². The molecule has 3 aromatic rings. The molecule has 238 valence electrons. The van der Waals surface area contributed by atoms with Crippen LogP contribution in [0.1, 0.15) is 31.1 Å². The largest absolute Gasteiger partial charge is 0.482 e. The van der Waals surface area contributed by atoms with Gasteiger partial charge in [-0.2, -0.15) is 0 Å². The van der Waals surface area contributed by atoms with Crippen molar-refractivity contribution in [3.05, 3.63) is 83.9 Å². The van der Waals surface area contributed by atoms with Gasteiger partial charge in [0, 0.05) is 24.5 Å². The molecule has 0 bridgehead atoms. The number of urea groups is 1. The van der Waals surface area contributed by atoms with Gasteiger partial charge in [-0.3, -0.25) is 19.3 Å². The normalized spacial score (nSPS) is 10.8. The fraction of sp³-hybridized carbons (Fsp3) is 0.258. The molecule has 0 saturated heterocycles. The monoisotopic (exact) mass is 626 g/mol. The van der Waals surface area contributed by atoms with E-state index in [2.05, 4.69) is 10.6 Å². The van der Waals surface area contributed by atoms with Crippen molar-refractivity contribution in [1.82, 2.24) is 5.32 Å². The number of ether oxygens (including phenoxy) is 2. The van der Waals surface area contributed by atoms with Crippen LogP contribution >= 0.6 is 0 Å². The van der Waals surface area contributed by atoms with Crippen LogP contribution in [0.25, 0.3) is 0 Å². The molecule has 3 aromatic carbocycles. The minimum atomic E-state index is -1.19. The fourth-order valence-corrected chi connectivity index (χ4v) is 3.88. The molecule has 12 nitrogen and oxygen atoms in total. The second-order valence-electron chi connectivity index (χ2n) is 10.6. The molecule has 0 aliphatic rings. The lowest BCUT2D eigenvalue weighted by Crippen LogP contribution is -2.45. The Morgan fingerprint density at radius 2 is 1.56 bits per heavy atom. The molecule has 0 spiro atoms. The Morgan fingerprint density at radius 1 is 0.889 bits per heavy atom. The molecule has 4 amide bonds. The number of aromatic carboxylic acids is 1. The lowest BCUT2D eigenvalue weighted by atomic mass is 10.2. The van der Waals surface area contributed by atoms with Crippen LogP contribution < -0.4 is 25.2 Å². The molecule has 14 heteroatoms. The van der Waals surface area contributed by atoms with Crippen molar-refractivity contribution in [2.45, 2.75) is 26.4 Å². The van der Waals surface area contributed by atoms with Gasteiger partial charge in [0.2, 0.25) is 5.91 Å². The van der Waals surface area contributed by atoms with Crippen molar-refractivity contribution in [1.29, 1.82) is 0 Å². The van der Waals surface area contributed by atoms with E-state index in [1.54, 1.807) is 32.9 Å². The maximum Gasteiger partial charge on any atom is 0.335 e. The van der Waals surface area contributed by atoms with Crippen LogP contribution in [-0.2, 0) is 19.1 Å². The molecule has 0 unspecified atom stereocenters. The topological polar surface area (TPSA) is 155 Å². The third-order valence-electron chi connectivity index (χ3n) is 5.89. The summed E-state index contributed by atoms with van der Waals surface area (Å²) in [5.41, 5.74) is -0.749. The number of nitrogens with one attached hydrogen (secondary N) is 2. The Labute approximate surface area is 257 Å². The highest BCUT2D eigenvalue weighted by atomic mass is 19.1. The van der Waals surface area contributed by atoms with Gasteiger partial charge in [0.25, 0.3) is 5.91 Å². The smallest absolute Gasteiger partial charge is 0.335 e. The average Bonchev–Trinajstić information content (AvgIpc) is 2.96. The standard InChI is InChI=1S/C31H32F2N4O8/c1-31(2,3)45-28(40)17-37(26(38)16-34-30(43)35-22-9-7-8-19(12-22)29(41)42)24-10-5-6-11-25(24)44-18-27(39)36(4)23-14-20(32)13-21(33)15-23/h5-15H,16-18H2,1-4H3,(H,41,42)(H2,34,35,43). The van der Waals surface area contributed by atoms with Crippen LogP contribution in [0.4, 0.5) is 30.6 Å². The first-order chi connectivity index (χ1) is 21.1. The molecule has 0 heterocycles. The summed E-state index contributed by atoms with van der Waals surface area (Å²) >= 11 is 0. The van der Waals surface area contributed by atoms with Crippen LogP contribution in [0.3, 0.4) is 0 Å². The van der Waals surface area contributed by atoms with Gasteiger partial charge in [0.1, 0.15) is 29.5 Å². The number of halogens is 2. The maximum atomic E-state index is 13.7. The molecule has 3 rings (SSSR count). The number of benzene rings is 3. The van der Waals surface area contributed by atoms with E-state index < -0.39 is 66.7 Å². The Kier molecular flexibility index (Phi) is 11.1. The number of hydrogen-bond donors (Lipinski definition) is 3. The van der Waals surface area contributed by atoms with Gasteiger partial charge in [-0.15, -0.1) is 0 Å². The molecule has 0 aliphatic heterocycles. The predicted molar refractivity (Wildman–Crippen MR) is 160 cm³/mol. The van der Waals surface area contributed by atoms with Gasteiger partial charge in [-0.05, 0) is 63.2 Å². The van der Waals surface area contributed by atoms with E-state index >= 15 is 0 Å². The summed E-state index contributed by atoms with van der Waals surface area (Å²) in [5, 5.41) is 13.9. The van der Waals surface area contributed by atoms with Gasteiger partial charge in [-0.1, -0.05) is 18.2 Å². The summed E-state index contributed by atoms with van der Waals surface area (Å²) in [4.78, 5) is 64.6. The molecular weight excluding hydrogens is 594 g/mol. The van der Waals surface area contributed by atoms with Gasteiger partial charge < -0.3 is 30.1 Å².